The Kier molecular flexibility index (Phi) is 5.40. The van der Waals surface area contributed by atoms with E-state index in [1.807, 2.05) is 36.4 Å². The van der Waals surface area contributed by atoms with Crippen molar-refractivity contribution in [1.29, 1.82) is 0 Å². The van der Waals surface area contributed by atoms with E-state index < -0.39 is 5.60 Å². The van der Waals surface area contributed by atoms with Gasteiger partial charge in [-0.2, -0.15) is 0 Å². The third-order valence-corrected chi connectivity index (χ3v) is 6.33. The highest BCUT2D eigenvalue weighted by Gasteiger charge is 2.34. The lowest BCUT2D eigenvalue weighted by molar-refractivity contribution is 0.0116. The van der Waals surface area contributed by atoms with Crippen LogP contribution in [-0.4, -0.2) is 37.4 Å². The molecule has 0 atom stereocenters. The Morgan fingerprint density at radius 2 is 1.62 bits per heavy atom. The molecule has 0 amide bonds. The van der Waals surface area contributed by atoms with Gasteiger partial charge in [0.25, 0.3) is 0 Å². The third-order valence-electron chi connectivity index (χ3n) is 5.80. The molecule has 0 saturated carbocycles. The highest BCUT2D eigenvalue weighted by molar-refractivity contribution is 9.10. The number of piperidine rings is 1. The fraction of sp³-hybridized carbons (Fsp3) is 0.348. The van der Waals surface area contributed by atoms with E-state index in [9.17, 15) is 5.11 Å². The Bertz CT molecular complexity index is 1030. The van der Waals surface area contributed by atoms with Gasteiger partial charge in [-0.05, 0) is 61.2 Å². The largest absolute Gasteiger partial charge is 0.496 e. The number of fused-ring (bicyclic) bond motifs is 1. The van der Waals surface area contributed by atoms with Crippen molar-refractivity contribution in [3.05, 3.63) is 58.1 Å². The SMILES string of the molecule is COc1ccc(OC)c2c(C)cc(N3CCC(O)(c4ccc(Br)cc4)CC3)nc12. The molecule has 152 valence electrons. The fourth-order valence-electron chi connectivity index (χ4n) is 4.11. The van der Waals surface area contributed by atoms with Crippen LogP contribution in [0.15, 0.2) is 46.9 Å². The molecule has 6 heteroatoms. The molecule has 1 fully saturated rings. The molecule has 1 saturated heterocycles. The monoisotopic (exact) mass is 456 g/mol. The summed E-state index contributed by atoms with van der Waals surface area (Å²) in [5, 5.41) is 12.1. The number of benzene rings is 2. The van der Waals surface area contributed by atoms with E-state index in [1.54, 1.807) is 14.2 Å². The highest BCUT2D eigenvalue weighted by atomic mass is 79.9. The van der Waals surface area contributed by atoms with Crippen molar-refractivity contribution >= 4 is 32.7 Å². The summed E-state index contributed by atoms with van der Waals surface area (Å²) in [5.74, 6) is 2.43. The number of ether oxygens (including phenoxy) is 2. The number of pyridine rings is 1. The molecule has 4 rings (SSSR count). The predicted molar refractivity (Wildman–Crippen MR) is 119 cm³/mol. The van der Waals surface area contributed by atoms with Crippen LogP contribution in [0.1, 0.15) is 24.0 Å². The van der Waals surface area contributed by atoms with E-state index >= 15 is 0 Å². The van der Waals surface area contributed by atoms with Gasteiger partial charge in [-0.15, -0.1) is 0 Å². The summed E-state index contributed by atoms with van der Waals surface area (Å²) in [4.78, 5) is 7.14. The van der Waals surface area contributed by atoms with Crippen LogP contribution in [0.25, 0.3) is 10.9 Å². The minimum absolute atomic E-state index is 0.655. The topological polar surface area (TPSA) is 54.8 Å². The number of rotatable bonds is 4. The number of methoxy groups -OCH3 is 2. The molecule has 1 aromatic heterocycles. The first-order valence-corrected chi connectivity index (χ1v) is 10.5. The molecule has 5 nitrogen and oxygen atoms in total. The molecule has 0 unspecified atom stereocenters. The van der Waals surface area contributed by atoms with Gasteiger partial charge in [0, 0.05) is 22.9 Å². The molecule has 1 N–H and O–H groups in total. The second-order valence-corrected chi connectivity index (χ2v) is 8.43. The van der Waals surface area contributed by atoms with E-state index in [0.29, 0.717) is 12.8 Å². The molecule has 0 radical (unpaired) electrons. The van der Waals surface area contributed by atoms with Crippen LogP contribution in [0.3, 0.4) is 0 Å². The molecule has 0 spiro atoms. The lowest BCUT2D eigenvalue weighted by Gasteiger charge is -2.39. The third kappa shape index (κ3) is 3.67. The summed E-state index contributed by atoms with van der Waals surface area (Å²) in [7, 11) is 3.33. The summed E-state index contributed by atoms with van der Waals surface area (Å²) in [6.07, 6.45) is 1.31. The van der Waals surface area contributed by atoms with Crippen molar-refractivity contribution < 1.29 is 14.6 Å². The number of halogens is 1. The molecule has 1 aliphatic heterocycles. The standard InChI is InChI=1S/C23H25BrN2O3/c1-15-14-20(25-22-19(29-3)9-8-18(28-2)21(15)22)26-12-10-23(27,11-13-26)16-4-6-17(24)7-5-16/h4-9,14,27H,10-13H2,1-3H3. The van der Waals surface area contributed by atoms with Crippen LogP contribution in [0.4, 0.5) is 5.82 Å². The van der Waals surface area contributed by atoms with Gasteiger partial charge in [0.05, 0.1) is 19.8 Å². The zero-order valence-corrected chi connectivity index (χ0v) is 18.5. The second-order valence-electron chi connectivity index (χ2n) is 7.52. The summed E-state index contributed by atoms with van der Waals surface area (Å²) < 4.78 is 12.1. The number of aliphatic hydroxyl groups is 1. The van der Waals surface area contributed by atoms with Gasteiger partial charge in [-0.1, -0.05) is 28.1 Å². The molecule has 2 heterocycles. The fourth-order valence-corrected chi connectivity index (χ4v) is 4.37. The van der Waals surface area contributed by atoms with Crippen LogP contribution < -0.4 is 14.4 Å². The van der Waals surface area contributed by atoms with Crippen LogP contribution >= 0.6 is 15.9 Å². The first-order chi connectivity index (χ1) is 13.9. The summed E-state index contributed by atoms with van der Waals surface area (Å²) in [6, 6.07) is 13.8. The lowest BCUT2D eigenvalue weighted by Crippen LogP contribution is -2.43. The van der Waals surface area contributed by atoms with Crippen LogP contribution in [0, 0.1) is 6.92 Å². The second kappa shape index (κ2) is 7.84. The van der Waals surface area contributed by atoms with Gasteiger partial charge in [-0.3, -0.25) is 0 Å². The molecule has 1 aliphatic rings. The van der Waals surface area contributed by atoms with E-state index in [-0.39, 0.29) is 0 Å². The Hall–Kier alpha value is -2.31. The highest BCUT2D eigenvalue weighted by Crippen LogP contribution is 2.38. The van der Waals surface area contributed by atoms with Gasteiger partial charge >= 0.3 is 0 Å². The average Bonchev–Trinajstić information content (AvgIpc) is 2.73. The summed E-state index contributed by atoms with van der Waals surface area (Å²) in [6.45, 7) is 3.53. The lowest BCUT2D eigenvalue weighted by atomic mass is 9.84. The molecule has 0 aliphatic carbocycles. The number of anilines is 1. The van der Waals surface area contributed by atoms with Crippen molar-refractivity contribution in [3.8, 4) is 11.5 Å². The van der Waals surface area contributed by atoms with Crippen LogP contribution in [0.2, 0.25) is 0 Å². The molecular weight excluding hydrogens is 432 g/mol. The minimum atomic E-state index is -0.802. The first kappa shape index (κ1) is 20.0. The van der Waals surface area contributed by atoms with Gasteiger partial charge in [0.2, 0.25) is 0 Å². The van der Waals surface area contributed by atoms with E-state index in [0.717, 1.165) is 56.9 Å². The Morgan fingerprint density at radius 3 is 2.24 bits per heavy atom. The van der Waals surface area contributed by atoms with Crippen molar-refractivity contribution in [1.82, 2.24) is 4.98 Å². The molecule has 0 bridgehead atoms. The number of nitrogens with zero attached hydrogens (tertiary/aromatic N) is 2. The Morgan fingerprint density at radius 1 is 1.00 bits per heavy atom. The predicted octanol–water partition coefficient (Wildman–Crippen LogP) is 4.81. The number of aromatic nitrogens is 1. The quantitative estimate of drug-likeness (QED) is 0.610. The smallest absolute Gasteiger partial charge is 0.145 e. The zero-order valence-electron chi connectivity index (χ0n) is 16.9. The normalized spacial score (nSPS) is 16.1. The van der Waals surface area contributed by atoms with Crippen molar-refractivity contribution in [2.45, 2.75) is 25.4 Å². The summed E-state index contributed by atoms with van der Waals surface area (Å²) >= 11 is 3.46. The van der Waals surface area contributed by atoms with Gasteiger partial charge in [0.15, 0.2) is 0 Å². The maximum atomic E-state index is 11.2. The van der Waals surface area contributed by atoms with E-state index in [1.165, 1.54) is 0 Å². The van der Waals surface area contributed by atoms with Crippen LogP contribution in [-0.2, 0) is 5.60 Å². The average molecular weight is 457 g/mol. The molecular formula is C23H25BrN2O3. The first-order valence-electron chi connectivity index (χ1n) is 9.71. The van der Waals surface area contributed by atoms with Gasteiger partial charge in [-0.25, -0.2) is 4.98 Å². The molecule has 2 aromatic carbocycles. The van der Waals surface area contributed by atoms with Crippen molar-refractivity contribution in [2.24, 2.45) is 0 Å². The van der Waals surface area contributed by atoms with Crippen molar-refractivity contribution in [2.75, 3.05) is 32.2 Å². The number of hydrogen-bond donors (Lipinski definition) is 1. The van der Waals surface area contributed by atoms with Crippen LogP contribution in [0.5, 0.6) is 11.5 Å². The Balaban J connectivity index is 1.64. The maximum absolute atomic E-state index is 11.2. The summed E-state index contributed by atoms with van der Waals surface area (Å²) in [5.41, 5.74) is 2.06. The molecule has 29 heavy (non-hydrogen) atoms. The van der Waals surface area contributed by atoms with Crippen molar-refractivity contribution in [3.63, 3.8) is 0 Å². The number of aryl methyl sites for hydroxylation is 1. The number of hydrogen-bond acceptors (Lipinski definition) is 5. The van der Waals surface area contributed by atoms with Gasteiger partial charge < -0.3 is 19.5 Å². The molecule has 3 aromatic rings. The zero-order chi connectivity index (χ0) is 20.6. The Labute approximate surface area is 179 Å². The van der Waals surface area contributed by atoms with E-state index in [4.69, 9.17) is 14.5 Å². The van der Waals surface area contributed by atoms with E-state index in [2.05, 4.69) is 33.8 Å². The minimum Gasteiger partial charge on any atom is -0.496 e. The van der Waals surface area contributed by atoms with Gasteiger partial charge in [0.1, 0.15) is 22.8 Å². The maximum Gasteiger partial charge on any atom is 0.145 e.